The zero-order valence-corrected chi connectivity index (χ0v) is 13.4. The highest BCUT2D eigenvalue weighted by Crippen LogP contribution is 2.39. The van der Waals surface area contributed by atoms with E-state index in [9.17, 15) is 9.59 Å². The Bertz CT molecular complexity index is 780. The summed E-state index contributed by atoms with van der Waals surface area (Å²) in [4.78, 5) is 22.6. The van der Waals surface area contributed by atoms with Crippen LogP contribution in [0.1, 0.15) is 36.7 Å². The molecule has 0 fully saturated rings. The van der Waals surface area contributed by atoms with Gasteiger partial charge < -0.3 is 10.1 Å². The van der Waals surface area contributed by atoms with E-state index in [0.717, 1.165) is 28.7 Å². The van der Waals surface area contributed by atoms with Gasteiger partial charge in [-0.3, -0.25) is 9.59 Å². The van der Waals surface area contributed by atoms with Gasteiger partial charge in [0.2, 0.25) is 0 Å². The molecule has 2 aromatic carbocycles. The second-order valence-corrected chi connectivity index (χ2v) is 6.23. The van der Waals surface area contributed by atoms with Gasteiger partial charge in [-0.1, -0.05) is 24.3 Å². The first-order valence-corrected chi connectivity index (χ1v) is 7.56. The van der Waals surface area contributed by atoms with Crippen molar-refractivity contribution in [3.63, 3.8) is 0 Å². The molecule has 0 aromatic heterocycles. The zero-order chi connectivity index (χ0) is 16.6. The number of benzene rings is 2. The molecule has 0 amide bonds. The predicted molar refractivity (Wildman–Crippen MR) is 89.5 cm³/mol. The Morgan fingerprint density at radius 1 is 1.17 bits per heavy atom. The Morgan fingerprint density at radius 3 is 2.61 bits per heavy atom. The van der Waals surface area contributed by atoms with Gasteiger partial charge in [0.1, 0.15) is 0 Å². The van der Waals surface area contributed by atoms with Gasteiger partial charge in [0.05, 0.1) is 5.60 Å². The second kappa shape index (κ2) is 5.63. The maximum Gasteiger partial charge on any atom is 0.185 e. The number of ether oxygens (including phenoxy) is 1. The average Bonchev–Trinajstić information content (AvgIpc) is 2.54. The van der Waals surface area contributed by atoms with E-state index in [1.165, 1.54) is 0 Å². The monoisotopic (exact) mass is 309 g/mol. The number of hydrogen-bond donors (Lipinski definition) is 1. The molecule has 3 rings (SSSR count). The number of carbonyl (C=O) groups excluding carboxylic acids is 2. The topological polar surface area (TPSA) is 55.4 Å². The van der Waals surface area contributed by atoms with Gasteiger partial charge >= 0.3 is 0 Å². The molecule has 0 bridgehead atoms. The highest BCUT2D eigenvalue weighted by atomic mass is 16.5. The molecule has 0 radical (unpaired) electrons. The Morgan fingerprint density at radius 2 is 1.91 bits per heavy atom. The maximum absolute atomic E-state index is 11.6. The highest BCUT2D eigenvalue weighted by molar-refractivity contribution is 5.95. The number of aldehydes is 1. The molecule has 4 heteroatoms. The molecule has 2 aromatic rings. The fourth-order valence-electron chi connectivity index (χ4n) is 2.89. The highest BCUT2D eigenvalue weighted by Gasteiger charge is 2.33. The SMILES string of the molecule is CC(=O)c1cccc(-c2ccc3c(c2)C(C)(C)OC(C=O)N3)c1. The number of Topliss-reactive ketones (excluding diaryl/α,β-unsaturated/α-hetero) is 1. The van der Waals surface area contributed by atoms with Crippen molar-refractivity contribution < 1.29 is 14.3 Å². The summed E-state index contributed by atoms with van der Waals surface area (Å²) in [6.45, 7) is 5.45. The van der Waals surface area contributed by atoms with E-state index in [1.54, 1.807) is 6.92 Å². The van der Waals surface area contributed by atoms with Crippen molar-refractivity contribution in [3.05, 3.63) is 53.6 Å². The van der Waals surface area contributed by atoms with Crippen LogP contribution in [0.2, 0.25) is 0 Å². The number of nitrogens with one attached hydrogen (secondary N) is 1. The zero-order valence-electron chi connectivity index (χ0n) is 13.4. The summed E-state index contributed by atoms with van der Waals surface area (Å²) in [5.41, 5.74) is 3.99. The van der Waals surface area contributed by atoms with Crippen molar-refractivity contribution in [1.29, 1.82) is 0 Å². The van der Waals surface area contributed by atoms with Gasteiger partial charge in [0, 0.05) is 16.8 Å². The van der Waals surface area contributed by atoms with Gasteiger partial charge in [-0.05, 0) is 50.1 Å². The summed E-state index contributed by atoms with van der Waals surface area (Å²) in [5.74, 6) is 0.0453. The van der Waals surface area contributed by atoms with Crippen LogP contribution in [-0.4, -0.2) is 18.3 Å². The fourth-order valence-corrected chi connectivity index (χ4v) is 2.89. The van der Waals surface area contributed by atoms with Crippen LogP contribution in [0.5, 0.6) is 0 Å². The molecule has 0 spiro atoms. The summed E-state index contributed by atoms with van der Waals surface area (Å²) in [5, 5.41) is 3.07. The summed E-state index contributed by atoms with van der Waals surface area (Å²) in [7, 11) is 0. The smallest absolute Gasteiger partial charge is 0.185 e. The van der Waals surface area contributed by atoms with Crippen molar-refractivity contribution in [2.75, 3.05) is 5.32 Å². The molecule has 23 heavy (non-hydrogen) atoms. The number of rotatable bonds is 3. The lowest BCUT2D eigenvalue weighted by Crippen LogP contribution is -2.39. The van der Waals surface area contributed by atoms with Crippen LogP contribution in [0.15, 0.2) is 42.5 Å². The van der Waals surface area contributed by atoms with Crippen LogP contribution in [-0.2, 0) is 15.1 Å². The Balaban J connectivity index is 2.06. The normalized spacial score (nSPS) is 18.7. The molecule has 1 atom stereocenters. The first-order valence-electron chi connectivity index (χ1n) is 7.56. The average molecular weight is 309 g/mol. The van der Waals surface area contributed by atoms with E-state index < -0.39 is 11.8 Å². The Hall–Kier alpha value is -2.46. The van der Waals surface area contributed by atoms with Gasteiger partial charge in [-0.15, -0.1) is 0 Å². The molecular weight excluding hydrogens is 290 g/mol. The van der Waals surface area contributed by atoms with Crippen molar-refractivity contribution in [2.45, 2.75) is 32.6 Å². The predicted octanol–water partition coefficient (Wildman–Crippen LogP) is 3.76. The molecule has 1 heterocycles. The van der Waals surface area contributed by atoms with E-state index in [-0.39, 0.29) is 5.78 Å². The van der Waals surface area contributed by atoms with E-state index in [2.05, 4.69) is 5.32 Å². The van der Waals surface area contributed by atoms with Crippen LogP contribution >= 0.6 is 0 Å². The summed E-state index contributed by atoms with van der Waals surface area (Å²) >= 11 is 0. The third-order valence-electron chi connectivity index (χ3n) is 4.11. The Kier molecular flexibility index (Phi) is 3.78. The molecule has 4 nitrogen and oxygen atoms in total. The van der Waals surface area contributed by atoms with Gasteiger partial charge in [0.15, 0.2) is 18.3 Å². The lowest BCUT2D eigenvalue weighted by atomic mass is 9.90. The number of carbonyl (C=O) groups is 2. The van der Waals surface area contributed by atoms with E-state index in [0.29, 0.717) is 5.56 Å². The largest absolute Gasteiger partial charge is 0.354 e. The summed E-state index contributed by atoms with van der Waals surface area (Å²) in [6.07, 6.45) is 0.124. The molecule has 118 valence electrons. The number of ketones is 1. The number of anilines is 1. The molecule has 1 aliphatic rings. The van der Waals surface area contributed by atoms with Crippen molar-refractivity contribution in [1.82, 2.24) is 0 Å². The molecule has 0 saturated carbocycles. The fraction of sp³-hybridized carbons (Fsp3) is 0.263. The molecular formula is C19H19NO3. The molecule has 1 aliphatic heterocycles. The molecule has 0 aliphatic carbocycles. The van der Waals surface area contributed by atoms with Gasteiger partial charge in [-0.2, -0.15) is 0 Å². The van der Waals surface area contributed by atoms with Crippen LogP contribution in [0.3, 0.4) is 0 Å². The molecule has 0 saturated heterocycles. The lowest BCUT2D eigenvalue weighted by Gasteiger charge is -2.37. The number of hydrogen-bond acceptors (Lipinski definition) is 4. The third kappa shape index (κ3) is 2.90. The Labute approximate surface area is 135 Å². The quantitative estimate of drug-likeness (QED) is 0.693. The van der Waals surface area contributed by atoms with Crippen molar-refractivity contribution in [3.8, 4) is 11.1 Å². The first-order chi connectivity index (χ1) is 10.9. The minimum Gasteiger partial charge on any atom is -0.354 e. The lowest BCUT2D eigenvalue weighted by molar-refractivity contribution is -0.128. The maximum atomic E-state index is 11.6. The third-order valence-corrected chi connectivity index (χ3v) is 4.11. The number of fused-ring (bicyclic) bond motifs is 1. The van der Waals surface area contributed by atoms with Crippen LogP contribution in [0.25, 0.3) is 11.1 Å². The van der Waals surface area contributed by atoms with Gasteiger partial charge in [-0.25, -0.2) is 0 Å². The van der Waals surface area contributed by atoms with Crippen molar-refractivity contribution >= 4 is 17.8 Å². The minimum atomic E-state index is -0.635. The minimum absolute atomic E-state index is 0.0453. The summed E-state index contributed by atoms with van der Waals surface area (Å²) in [6, 6.07) is 13.5. The van der Waals surface area contributed by atoms with E-state index in [1.807, 2.05) is 56.3 Å². The standard InChI is InChI=1S/C19H19NO3/c1-12(22)13-5-4-6-14(9-13)15-7-8-17-16(10-15)19(2,3)23-18(11-21)20-17/h4-11,18,20H,1-3H3. The molecule has 1 unspecified atom stereocenters. The van der Waals surface area contributed by atoms with E-state index in [4.69, 9.17) is 4.74 Å². The van der Waals surface area contributed by atoms with E-state index >= 15 is 0 Å². The summed E-state index contributed by atoms with van der Waals surface area (Å²) < 4.78 is 5.77. The first kappa shape index (κ1) is 15.4. The van der Waals surface area contributed by atoms with Crippen molar-refractivity contribution in [2.24, 2.45) is 0 Å². The van der Waals surface area contributed by atoms with Crippen LogP contribution in [0, 0.1) is 0 Å². The molecule has 1 N–H and O–H groups in total. The second-order valence-electron chi connectivity index (χ2n) is 6.23. The van der Waals surface area contributed by atoms with Crippen LogP contribution in [0.4, 0.5) is 5.69 Å². The van der Waals surface area contributed by atoms with Crippen LogP contribution < -0.4 is 5.32 Å². The van der Waals surface area contributed by atoms with Gasteiger partial charge in [0.25, 0.3) is 0 Å².